The van der Waals surface area contributed by atoms with Crippen LogP contribution >= 0.6 is 0 Å². The third-order valence-corrected chi connectivity index (χ3v) is 3.13. The van der Waals surface area contributed by atoms with Gasteiger partial charge in [-0.15, -0.1) is 0 Å². The molecule has 0 saturated heterocycles. The Hall–Kier alpha value is -2.31. The average molecular weight is 252 g/mol. The first-order chi connectivity index (χ1) is 9.13. The fraction of sp³-hybridized carbons (Fsp3) is 0.188. The highest BCUT2D eigenvalue weighted by molar-refractivity contribution is 5.66. The van der Waals surface area contributed by atoms with Gasteiger partial charge in [0.05, 0.1) is 17.7 Å². The fourth-order valence-electron chi connectivity index (χ4n) is 2.04. The van der Waals surface area contributed by atoms with E-state index in [0.717, 1.165) is 16.9 Å². The number of para-hydroxylation sites is 1. The van der Waals surface area contributed by atoms with Crippen molar-refractivity contribution in [1.29, 1.82) is 5.26 Å². The Kier molecular flexibility index (Phi) is 3.84. The van der Waals surface area contributed by atoms with Crippen LogP contribution in [0.5, 0.6) is 0 Å². The van der Waals surface area contributed by atoms with Crippen LogP contribution in [0.3, 0.4) is 0 Å². The van der Waals surface area contributed by atoms with Crippen LogP contribution in [0.25, 0.3) is 0 Å². The van der Waals surface area contributed by atoms with Crippen LogP contribution in [0.15, 0.2) is 48.5 Å². The van der Waals surface area contributed by atoms with Gasteiger partial charge in [-0.1, -0.05) is 18.2 Å². The SMILES string of the molecule is C[C@@H](O)c1ccccc1N(C)c1ccc(C#N)cc1. The number of hydrogen-bond donors (Lipinski definition) is 1. The van der Waals surface area contributed by atoms with Crippen LogP contribution in [0.1, 0.15) is 24.2 Å². The van der Waals surface area contributed by atoms with Crippen LogP contribution in [0.2, 0.25) is 0 Å². The number of benzene rings is 2. The number of anilines is 2. The van der Waals surface area contributed by atoms with E-state index in [-0.39, 0.29) is 0 Å². The Morgan fingerprint density at radius 3 is 2.32 bits per heavy atom. The van der Waals surface area contributed by atoms with Gasteiger partial charge in [-0.05, 0) is 37.3 Å². The lowest BCUT2D eigenvalue weighted by Crippen LogP contribution is -2.12. The van der Waals surface area contributed by atoms with Crippen molar-refractivity contribution >= 4 is 11.4 Å². The normalized spacial score (nSPS) is 11.7. The standard InChI is InChI=1S/C16H16N2O/c1-12(19)15-5-3-4-6-16(15)18(2)14-9-7-13(11-17)8-10-14/h3-10,12,19H,1-2H3/t12-/m1/s1. The number of rotatable bonds is 3. The summed E-state index contributed by atoms with van der Waals surface area (Å²) in [6.45, 7) is 1.76. The van der Waals surface area contributed by atoms with Crippen LogP contribution in [0, 0.1) is 11.3 Å². The van der Waals surface area contributed by atoms with Crippen LogP contribution in [-0.2, 0) is 0 Å². The van der Waals surface area contributed by atoms with E-state index < -0.39 is 6.10 Å². The van der Waals surface area contributed by atoms with Gasteiger partial charge in [0.25, 0.3) is 0 Å². The van der Waals surface area contributed by atoms with Crippen molar-refractivity contribution in [2.75, 3.05) is 11.9 Å². The van der Waals surface area contributed by atoms with E-state index in [2.05, 4.69) is 6.07 Å². The first kappa shape index (κ1) is 13.1. The Balaban J connectivity index is 2.38. The summed E-state index contributed by atoms with van der Waals surface area (Å²) in [5.74, 6) is 0. The molecule has 0 amide bonds. The van der Waals surface area contributed by atoms with E-state index in [0.29, 0.717) is 5.56 Å². The van der Waals surface area contributed by atoms with Crippen molar-refractivity contribution in [1.82, 2.24) is 0 Å². The number of nitrogens with zero attached hydrogens (tertiary/aromatic N) is 2. The predicted molar refractivity (Wildman–Crippen MR) is 76.3 cm³/mol. The molecule has 2 aromatic carbocycles. The zero-order valence-electron chi connectivity index (χ0n) is 11.0. The number of aliphatic hydroxyl groups excluding tert-OH is 1. The zero-order chi connectivity index (χ0) is 13.8. The Labute approximate surface area is 113 Å². The maximum atomic E-state index is 9.81. The number of aliphatic hydroxyl groups is 1. The molecule has 1 atom stereocenters. The van der Waals surface area contributed by atoms with Gasteiger partial charge in [-0.2, -0.15) is 5.26 Å². The van der Waals surface area contributed by atoms with Crippen LogP contribution in [-0.4, -0.2) is 12.2 Å². The maximum absolute atomic E-state index is 9.81. The summed E-state index contributed by atoms with van der Waals surface area (Å²) in [5, 5.41) is 18.6. The molecule has 19 heavy (non-hydrogen) atoms. The Morgan fingerprint density at radius 1 is 1.11 bits per heavy atom. The average Bonchev–Trinajstić information content (AvgIpc) is 2.46. The van der Waals surface area contributed by atoms with E-state index in [1.54, 1.807) is 19.1 Å². The molecule has 2 aromatic rings. The third-order valence-electron chi connectivity index (χ3n) is 3.13. The second kappa shape index (κ2) is 5.55. The molecule has 0 unspecified atom stereocenters. The largest absolute Gasteiger partial charge is 0.389 e. The molecule has 0 aliphatic heterocycles. The highest BCUT2D eigenvalue weighted by Gasteiger charge is 2.12. The van der Waals surface area contributed by atoms with Gasteiger partial charge < -0.3 is 10.0 Å². The summed E-state index contributed by atoms with van der Waals surface area (Å²) in [5.41, 5.74) is 3.46. The van der Waals surface area contributed by atoms with E-state index >= 15 is 0 Å². The number of nitriles is 1. The maximum Gasteiger partial charge on any atom is 0.0991 e. The summed E-state index contributed by atoms with van der Waals surface area (Å²) >= 11 is 0. The minimum Gasteiger partial charge on any atom is -0.389 e. The third kappa shape index (κ3) is 2.75. The molecule has 3 heteroatoms. The molecule has 0 fully saturated rings. The van der Waals surface area contributed by atoms with Crippen LogP contribution in [0.4, 0.5) is 11.4 Å². The van der Waals surface area contributed by atoms with Crippen molar-refractivity contribution in [2.24, 2.45) is 0 Å². The van der Waals surface area contributed by atoms with E-state index in [9.17, 15) is 5.11 Å². The lowest BCUT2D eigenvalue weighted by Gasteiger charge is -2.23. The lowest BCUT2D eigenvalue weighted by molar-refractivity contribution is 0.200. The number of hydrogen-bond acceptors (Lipinski definition) is 3. The topological polar surface area (TPSA) is 47.3 Å². The van der Waals surface area contributed by atoms with Gasteiger partial charge in [-0.3, -0.25) is 0 Å². The molecule has 0 aromatic heterocycles. The molecule has 96 valence electrons. The van der Waals surface area contributed by atoms with Crippen LogP contribution < -0.4 is 4.90 Å². The van der Waals surface area contributed by atoms with Gasteiger partial charge in [0, 0.05) is 24.0 Å². The van der Waals surface area contributed by atoms with Crippen molar-refractivity contribution in [3.63, 3.8) is 0 Å². The summed E-state index contributed by atoms with van der Waals surface area (Å²) in [6, 6.07) is 17.2. The summed E-state index contributed by atoms with van der Waals surface area (Å²) in [6.07, 6.45) is -0.517. The van der Waals surface area contributed by atoms with Crippen molar-refractivity contribution < 1.29 is 5.11 Å². The van der Waals surface area contributed by atoms with Crippen molar-refractivity contribution in [3.05, 3.63) is 59.7 Å². The summed E-state index contributed by atoms with van der Waals surface area (Å²) in [4.78, 5) is 2.00. The first-order valence-corrected chi connectivity index (χ1v) is 6.14. The van der Waals surface area contributed by atoms with Gasteiger partial charge >= 0.3 is 0 Å². The van der Waals surface area contributed by atoms with E-state index in [1.807, 2.05) is 48.3 Å². The van der Waals surface area contributed by atoms with Gasteiger partial charge in [0.15, 0.2) is 0 Å². The predicted octanol–water partition coefficient (Wildman–Crippen LogP) is 3.38. The van der Waals surface area contributed by atoms with Crippen molar-refractivity contribution in [2.45, 2.75) is 13.0 Å². The molecular formula is C16H16N2O. The van der Waals surface area contributed by atoms with Crippen molar-refractivity contribution in [3.8, 4) is 6.07 Å². The molecule has 0 aliphatic carbocycles. The molecule has 0 spiro atoms. The molecule has 1 N–H and O–H groups in total. The second-order valence-electron chi connectivity index (χ2n) is 4.45. The van der Waals surface area contributed by atoms with Gasteiger partial charge in [0.2, 0.25) is 0 Å². The second-order valence-corrected chi connectivity index (χ2v) is 4.45. The smallest absolute Gasteiger partial charge is 0.0991 e. The monoisotopic (exact) mass is 252 g/mol. The molecule has 2 rings (SSSR count). The minimum absolute atomic E-state index is 0.517. The molecule has 0 saturated carbocycles. The first-order valence-electron chi connectivity index (χ1n) is 6.14. The molecule has 0 heterocycles. The molecule has 0 bridgehead atoms. The highest BCUT2D eigenvalue weighted by atomic mass is 16.3. The minimum atomic E-state index is -0.517. The Bertz CT molecular complexity index is 597. The molecule has 0 aliphatic rings. The Morgan fingerprint density at radius 2 is 1.74 bits per heavy atom. The molecule has 3 nitrogen and oxygen atoms in total. The highest BCUT2D eigenvalue weighted by Crippen LogP contribution is 2.30. The fourth-order valence-corrected chi connectivity index (χ4v) is 2.04. The van der Waals surface area contributed by atoms with E-state index in [1.165, 1.54) is 0 Å². The lowest BCUT2D eigenvalue weighted by atomic mass is 10.1. The molecular weight excluding hydrogens is 236 g/mol. The quantitative estimate of drug-likeness (QED) is 0.911. The summed E-state index contributed by atoms with van der Waals surface area (Å²) < 4.78 is 0. The van der Waals surface area contributed by atoms with Gasteiger partial charge in [-0.25, -0.2) is 0 Å². The van der Waals surface area contributed by atoms with E-state index in [4.69, 9.17) is 5.26 Å². The zero-order valence-corrected chi connectivity index (χ0v) is 11.0. The molecule has 0 radical (unpaired) electrons. The summed E-state index contributed by atoms with van der Waals surface area (Å²) in [7, 11) is 1.95. The van der Waals surface area contributed by atoms with Gasteiger partial charge in [0.1, 0.15) is 0 Å².